The lowest BCUT2D eigenvalue weighted by Gasteiger charge is -2.40. The van der Waals surface area contributed by atoms with E-state index in [0.29, 0.717) is 37.8 Å². The van der Waals surface area contributed by atoms with Gasteiger partial charge in [-0.05, 0) is 56.4 Å². The first-order chi connectivity index (χ1) is 11.9. The number of halogens is 1. The third-order valence-electron chi connectivity index (χ3n) is 5.15. The molecule has 1 aromatic carbocycles. The number of hydrogen-bond acceptors (Lipinski definition) is 3. The Bertz CT molecular complexity index is 685. The van der Waals surface area contributed by atoms with Crippen LogP contribution >= 0.6 is 0 Å². The first-order valence-corrected chi connectivity index (χ1v) is 8.51. The smallest absolute Gasteiger partial charge is 0.329 e. The monoisotopic (exact) mass is 348 g/mol. The summed E-state index contributed by atoms with van der Waals surface area (Å²) in [4.78, 5) is 38.0. The van der Waals surface area contributed by atoms with Crippen LogP contribution in [0.5, 0.6) is 0 Å². The minimum atomic E-state index is -1.14. The van der Waals surface area contributed by atoms with E-state index >= 15 is 0 Å². The molecule has 0 spiro atoms. The summed E-state index contributed by atoms with van der Waals surface area (Å²) in [7, 11) is 0. The molecule has 0 bridgehead atoms. The van der Waals surface area contributed by atoms with Crippen molar-refractivity contribution >= 4 is 17.8 Å². The molecule has 1 aromatic rings. The molecule has 2 amide bonds. The van der Waals surface area contributed by atoms with Crippen molar-refractivity contribution in [1.29, 1.82) is 0 Å². The maximum absolute atomic E-state index is 13.0. The van der Waals surface area contributed by atoms with E-state index in [0.717, 1.165) is 6.42 Å². The average Bonchev–Trinajstić information content (AvgIpc) is 2.57. The molecular formula is C18H21FN2O4. The van der Waals surface area contributed by atoms with Crippen LogP contribution in [0.3, 0.4) is 0 Å². The van der Waals surface area contributed by atoms with Gasteiger partial charge in [0.2, 0.25) is 5.91 Å². The van der Waals surface area contributed by atoms with Gasteiger partial charge in [-0.25, -0.2) is 9.18 Å². The summed E-state index contributed by atoms with van der Waals surface area (Å²) in [5.74, 6) is -2.38. The summed E-state index contributed by atoms with van der Waals surface area (Å²) in [6.45, 7) is 0.780. The summed E-state index contributed by atoms with van der Waals surface area (Å²) >= 11 is 0. The zero-order valence-electron chi connectivity index (χ0n) is 13.8. The van der Waals surface area contributed by atoms with E-state index in [1.165, 1.54) is 24.3 Å². The molecule has 0 radical (unpaired) electrons. The van der Waals surface area contributed by atoms with Crippen LogP contribution < -0.4 is 5.32 Å². The van der Waals surface area contributed by atoms with E-state index < -0.39 is 23.2 Å². The van der Waals surface area contributed by atoms with Gasteiger partial charge in [0.25, 0.3) is 5.91 Å². The van der Waals surface area contributed by atoms with Crippen molar-refractivity contribution in [2.75, 3.05) is 13.1 Å². The minimum Gasteiger partial charge on any atom is -0.480 e. The number of carbonyl (C=O) groups excluding carboxylic acids is 2. The quantitative estimate of drug-likeness (QED) is 0.869. The Hall–Kier alpha value is -2.44. The van der Waals surface area contributed by atoms with Gasteiger partial charge < -0.3 is 15.3 Å². The van der Waals surface area contributed by atoms with E-state index in [-0.39, 0.29) is 18.4 Å². The Labute approximate surface area is 145 Å². The van der Waals surface area contributed by atoms with Crippen LogP contribution in [0.4, 0.5) is 4.39 Å². The number of nitrogens with one attached hydrogen (secondary N) is 1. The third-order valence-corrected chi connectivity index (χ3v) is 5.15. The molecule has 0 aromatic heterocycles. The van der Waals surface area contributed by atoms with Crippen molar-refractivity contribution in [3.63, 3.8) is 0 Å². The first-order valence-electron chi connectivity index (χ1n) is 8.51. The number of likely N-dealkylation sites (tertiary alicyclic amines) is 1. The fourth-order valence-corrected chi connectivity index (χ4v) is 3.41. The van der Waals surface area contributed by atoms with Gasteiger partial charge in [0.15, 0.2) is 0 Å². The normalized spacial score (nSPS) is 22.0. The van der Waals surface area contributed by atoms with Crippen LogP contribution in [-0.2, 0) is 9.59 Å². The molecule has 2 aliphatic rings. The molecule has 134 valence electrons. The Morgan fingerprint density at radius 1 is 1.16 bits per heavy atom. The average molecular weight is 348 g/mol. The van der Waals surface area contributed by atoms with Crippen LogP contribution in [0.25, 0.3) is 0 Å². The fraction of sp³-hybridized carbons (Fsp3) is 0.500. The molecule has 1 unspecified atom stereocenters. The maximum atomic E-state index is 13.0. The molecule has 1 aliphatic heterocycles. The molecule has 1 atom stereocenters. The number of carboxylic acids is 1. The lowest BCUT2D eigenvalue weighted by Crippen LogP contribution is -2.61. The number of hydrogen-bond donors (Lipinski definition) is 2. The SMILES string of the molecule is O=C(NC1(C(=O)O)CCC1)C1CCCN(C(=O)c2ccc(F)cc2)C1. The topological polar surface area (TPSA) is 86.7 Å². The molecular weight excluding hydrogens is 327 g/mol. The van der Waals surface area contributed by atoms with Gasteiger partial charge in [0.05, 0.1) is 5.92 Å². The highest BCUT2D eigenvalue weighted by Gasteiger charge is 2.46. The number of carboxylic acid groups (broad SMARTS) is 1. The summed E-state index contributed by atoms with van der Waals surface area (Å²) in [6, 6.07) is 5.31. The maximum Gasteiger partial charge on any atom is 0.329 e. The van der Waals surface area contributed by atoms with Gasteiger partial charge in [-0.1, -0.05) is 0 Å². The van der Waals surface area contributed by atoms with E-state index in [9.17, 15) is 23.9 Å². The predicted molar refractivity (Wildman–Crippen MR) is 87.4 cm³/mol. The van der Waals surface area contributed by atoms with Gasteiger partial charge in [-0.15, -0.1) is 0 Å². The van der Waals surface area contributed by atoms with Crippen LogP contribution in [0.2, 0.25) is 0 Å². The second-order valence-electron chi connectivity index (χ2n) is 6.83. The third kappa shape index (κ3) is 3.50. The molecule has 6 nitrogen and oxygen atoms in total. The van der Waals surface area contributed by atoms with E-state index in [2.05, 4.69) is 5.32 Å². The zero-order chi connectivity index (χ0) is 18.0. The summed E-state index contributed by atoms with van der Waals surface area (Å²) in [5.41, 5.74) is -0.760. The first kappa shape index (κ1) is 17.4. The number of rotatable bonds is 4. The molecule has 1 aliphatic carbocycles. The molecule has 25 heavy (non-hydrogen) atoms. The van der Waals surface area contributed by atoms with E-state index in [4.69, 9.17) is 0 Å². The molecule has 1 saturated heterocycles. The molecule has 7 heteroatoms. The van der Waals surface area contributed by atoms with Crippen molar-refractivity contribution in [3.8, 4) is 0 Å². The van der Waals surface area contributed by atoms with Gasteiger partial charge in [0.1, 0.15) is 11.4 Å². The van der Waals surface area contributed by atoms with E-state index in [1.807, 2.05) is 0 Å². The van der Waals surface area contributed by atoms with Crippen molar-refractivity contribution < 1.29 is 23.9 Å². The van der Waals surface area contributed by atoms with Crippen LogP contribution in [-0.4, -0.2) is 46.4 Å². The second kappa shape index (κ2) is 6.82. The number of carbonyl (C=O) groups is 3. The summed E-state index contributed by atoms with van der Waals surface area (Å²) < 4.78 is 13.0. The van der Waals surface area contributed by atoms with Gasteiger partial charge in [-0.2, -0.15) is 0 Å². The second-order valence-corrected chi connectivity index (χ2v) is 6.83. The Kier molecular flexibility index (Phi) is 4.74. The lowest BCUT2D eigenvalue weighted by molar-refractivity contribution is -0.152. The largest absolute Gasteiger partial charge is 0.480 e. The molecule has 3 rings (SSSR count). The summed E-state index contributed by atoms with van der Waals surface area (Å²) in [5, 5.41) is 12.0. The van der Waals surface area contributed by atoms with Crippen LogP contribution in [0.15, 0.2) is 24.3 Å². The summed E-state index contributed by atoms with van der Waals surface area (Å²) in [6.07, 6.45) is 2.96. The molecule has 2 fully saturated rings. The number of amides is 2. The van der Waals surface area contributed by atoms with Crippen molar-refractivity contribution in [2.24, 2.45) is 5.92 Å². The minimum absolute atomic E-state index is 0.242. The molecule has 1 heterocycles. The number of nitrogens with zero attached hydrogens (tertiary/aromatic N) is 1. The Morgan fingerprint density at radius 3 is 2.40 bits per heavy atom. The van der Waals surface area contributed by atoms with Crippen molar-refractivity contribution in [2.45, 2.75) is 37.6 Å². The predicted octanol–water partition coefficient (Wildman–Crippen LogP) is 1.80. The van der Waals surface area contributed by atoms with Crippen molar-refractivity contribution in [3.05, 3.63) is 35.6 Å². The van der Waals surface area contributed by atoms with Crippen LogP contribution in [0, 0.1) is 11.7 Å². The van der Waals surface area contributed by atoms with Crippen LogP contribution in [0.1, 0.15) is 42.5 Å². The molecule has 1 saturated carbocycles. The van der Waals surface area contributed by atoms with Gasteiger partial charge in [-0.3, -0.25) is 9.59 Å². The van der Waals surface area contributed by atoms with Gasteiger partial charge in [0, 0.05) is 18.7 Å². The number of benzene rings is 1. The molecule has 2 N–H and O–H groups in total. The number of aliphatic carboxylic acids is 1. The lowest BCUT2D eigenvalue weighted by atomic mass is 9.76. The highest BCUT2D eigenvalue weighted by Crippen LogP contribution is 2.33. The fourth-order valence-electron chi connectivity index (χ4n) is 3.41. The highest BCUT2D eigenvalue weighted by atomic mass is 19.1. The Morgan fingerprint density at radius 2 is 1.84 bits per heavy atom. The standard InChI is InChI=1S/C18H21FN2O4/c19-14-6-4-12(5-7-14)16(23)21-10-1-3-13(11-21)15(22)20-18(17(24)25)8-2-9-18/h4-7,13H,1-3,8-11H2,(H,20,22)(H,24,25). The zero-order valence-corrected chi connectivity index (χ0v) is 13.8. The number of piperidine rings is 1. The van der Waals surface area contributed by atoms with Crippen molar-refractivity contribution in [1.82, 2.24) is 10.2 Å². The van der Waals surface area contributed by atoms with E-state index in [1.54, 1.807) is 4.90 Å². The Balaban J connectivity index is 1.64. The highest BCUT2D eigenvalue weighted by molar-refractivity contribution is 5.95. The van der Waals surface area contributed by atoms with Gasteiger partial charge >= 0.3 is 5.97 Å².